The van der Waals surface area contributed by atoms with Crippen LogP contribution in [0.3, 0.4) is 0 Å². The second kappa shape index (κ2) is 6.50. The Kier molecular flexibility index (Phi) is 4.05. The average Bonchev–Trinajstić information content (AvgIpc) is 3.09. The summed E-state index contributed by atoms with van der Waals surface area (Å²) >= 11 is 0. The van der Waals surface area contributed by atoms with Gasteiger partial charge in [-0.05, 0) is 45.6 Å². The monoisotopic (exact) mass is 328 g/mol. The van der Waals surface area contributed by atoms with Gasteiger partial charge in [-0.2, -0.15) is 0 Å². The summed E-state index contributed by atoms with van der Waals surface area (Å²) in [5.74, 6) is -0.146. The molecule has 0 fully saturated rings. The Labute approximate surface area is 143 Å². The van der Waals surface area contributed by atoms with Gasteiger partial charge in [-0.25, -0.2) is 4.39 Å². The molecule has 0 saturated carbocycles. The molecule has 3 aromatic carbocycles. The van der Waals surface area contributed by atoms with Crippen LogP contribution in [0.1, 0.15) is 11.1 Å². The van der Waals surface area contributed by atoms with Crippen molar-refractivity contribution < 1.29 is 4.39 Å². The van der Waals surface area contributed by atoms with Gasteiger partial charge in [-0.15, -0.1) is 0 Å². The lowest BCUT2D eigenvalue weighted by molar-refractivity contribution is 0.629. The molecule has 0 nitrogen and oxygen atoms in total. The van der Waals surface area contributed by atoms with Gasteiger partial charge in [-0.3, -0.25) is 0 Å². The van der Waals surface area contributed by atoms with E-state index in [4.69, 9.17) is 0 Å². The summed E-state index contributed by atoms with van der Waals surface area (Å²) in [6.07, 6.45) is 0. The first-order chi connectivity index (χ1) is 11.8. The Morgan fingerprint density at radius 2 is 1.38 bits per heavy atom. The zero-order valence-corrected chi connectivity index (χ0v) is 14.2. The molecule has 0 aliphatic carbocycles. The molecule has 116 valence electrons. The summed E-state index contributed by atoms with van der Waals surface area (Å²) in [4.78, 5) is 0. The van der Waals surface area contributed by atoms with E-state index >= 15 is 0 Å². The fraction of sp³-hybridized carbons (Fsp3) is 0.0455. The molecule has 0 atom stereocenters. The molecule has 2 heteroatoms. The lowest BCUT2D eigenvalue weighted by Crippen LogP contribution is -2.21. The second-order valence-electron chi connectivity index (χ2n) is 5.98. The van der Waals surface area contributed by atoms with Crippen LogP contribution in [0.15, 0.2) is 84.9 Å². The smallest absolute Gasteiger partial charge is 0.123 e. The zero-order chi connectivity index (χ0) is 16.4. The Balaban J connectivity index is 1.82. The van der Waals surface area contributed by atoms with E-state index in [1.165, 1.54) is 28.3 Å². The van der Waals surface area contributed by atoms with E-state index in [-0.39, 0.29) is 5.82 Å². The van der Waals surface area contributed by atoms with Gasteiger partial charge in [-0.1, -0.05) is 78.5 Å². The first-order valence-corrected chi connectivity index (χ1v) is 9.90. The lowest BCUT2D eigenvalue weighted by atomic mass is 9.97. The standard InChI is InChI=1S/C22H17FSi/c23-19-12-7-13-20(14-19)24-15-21(17-8-3-1-4-9-17)22(16-24)18-10-5-2-6-11-18/h1-15H,16H2. The van der Waals surface area contributed by atoms with E-state index in [2.05, 4.69) is 60.3 Å². The Morgan fingerprint density at radius 1 is 0.708 bits per heavy atom. The number of hydrogen-bond donors (Lipinski definition) is 0. The number of benzene rings is 3. The fourth-order valence-electron chi connectivity index (χ4n) is 3.24. The van der Waals surface area contributed by atoms with Crippen molar-refractivity contribution >= 4 is 30.4 Å². The van der Waals surface area contributed by atoms with Crippen molar-refractivity contribution in [3.05, 3.63) is 102 Å². The van der Waals surface area contributed by atoms with Gasteiger partial charge in [0.1, 0.15) is 5.82 Å². The van der Waals surface area contributed by atoms with E-state index in [1.807, 2.05) is 18.2 Å². The van der Waals surface area contributed by atoms with Crippen LogP contribution >= 0.6 is 0 Å². The summed E-state index contributed by atoms with van der Waals surface area (Å²) in [5, 5.41) is 1.14. The highest BCUT2D eigenvalue weighted by atomic mass is 28.2. The van der Waals surface area contributed by atoms with Gasteiger partial charge in [0.05, 0.1) is 8.41 Å². The Morgan fingerprint density at radius 3 is 2.04 bits per heavy atom. The van der Waals surface area contributed by atoms with Gasteiger partial charge >= 0.3 is 0 Å². The third kappa shape index (κ3) is 2.93. The van der Waals surface area contributed by atoms with Gasteiger partial charge in [0.15, 0.2) is 0 Å². The number of halogens is 1. The van der Waals surface area contributed by atoms with Crippen molar-refractivity contribution in [2.75, 3.05) is 0 Å². The first kappa shape index (κ1) is 15.0. The minimum Gasteiger partial charge on any atom is -0.207 e. The number of allylic oxidation sites excluding steroid dienone is 2. The normalized spacial score (nSPS) is 14.0. The van der Waals surface area contributed by atoms with Crippen molar-refractivity contribution in [3.63, 3.8) is 0 Å². The first-order valence-electron chi connectivity index (χ1n) is 8.12. The van der Waals surface area contributed by atoms with Crippen LogP contribution < -0.4 is 5.19 Å². The summed E-state index contributed by atoms with van der Waals surface area (Å²) in [7, 11) is -0.942. The van der Waals surface area contributed by atoms with Crippen molar-refractivity contribution in [1.29, 1.82) is 0 Å². The molecule has 4 rings (SSSR count). The number of rotatable bonds is 3. The minimum atomic E-state index is -0.942. The van der Waals surface area contributed by atoms with Crippen molar-refractivity contribution in [3.8, 4) is 0 Å². The predicted molar refractivity (Wildman–Crippen MR) is 102 cm³/mol. The molecule has 1 heterocycles. The molecule has 0 aromatic heterocycles. The molecule has 0 unspecified atom stereocenters. The quantitative estimate of drug-likeness (QED) is 0.619. The van der Waals surface area contributed by atoms with E-state index in [0.29, 0.717) is 0 Å². The molecule has 1 aliphatic rings. The Hall–Kier alpha value is -2.58. The average molecular weight is 328 g/mol. The molecule has 0 radical (unpaired) electrons. The molecule has 1 aliphatic heterocycles. The predicted octanol–water partition coefficient (Wildman–Crippen LogP) is 4.54. The van der Waals surface area contributed by atoms with Gasteiger partial charge in [0.25, 0.3) is 0 Å². The van der Waals surface area contributed by atoms with Crippen LogP contribution in [0.5, 0.6) is 0 Å². The minimum absolute atomic E-state index is 0.146. The van der Waals surface area contributed by atoms with Crippen LogP contribution in [0.2, 0.25) is 6.04 Å². The van der Waals surface area contributed by atoms with Crippen LogP contribution in [-0.4, -0.2) is 14.1 Å². The fourth-order valence-corrected chi connectivity index (χ4v) is 5.82. The second-order valence-corrected chi connectivity index (χ2v) is 8.25. The highest BCUT2D eigenvalue weighted by molar-refractivity contribution is 6.86. The van der Waals surface area contributed by atoms with Crippen molar-refractivity contribution in [2.24, 2.45) is 0 Å². The van der Waals surface area contributed by atoms with E-state index in [0.717, 1.165) is 11.2 Å². The van der Waals surface area contributed by atoms with Crippen LogP contribution in [-0.2, 0) is 0 Å². The summed E-state index contributed by atoms with van der Waals surface area (Å²) < 4.78 is 13.6. The summed E-state index contributed by atoms with van der Waals surface area (Å²) in [6.45, 7) is 0. The summed E-state index contributed by atoms with van der Waals surface area (Å²) in [6, 6.07) is 29.1. The molecular weight excluding hydrogens is 311 g/mol. The highest BCUT2D eigenvalue weighted by Gasteiger charge is 2.20. The maximum atomic E-state index is 13.6. The van der Waals surface area contributed by atoms with E-state index in [1.54, 1.807) is 6.07 Å². The molecule has 0 N–H and O–H groups in total. The van der Waals surface area contributed by atoms with Crippen LogP contribution in [0.4, 0.5) is 4.39 Å². The van der Waals surface area contributed by atoms with Gasteiger partial charge in [0, 0.05) is 0 Å². The van der Waals surface area contributed by atoms with E-state index in [9.17, 15) is 4.39 Å². The third-order valence-electron chi connectivity index (χ3n) is 4.41. The zero-order valence-electron chi connectivity index (χ0n) is 13.2. The maximum Gasteiger partial charge on any atom is 0.123 e. The van der Waals surface area contributed by atoms with Gasteiger partial charge < -0.3 is 0 Å². The van der Waals surface area contributed by atoms with Crippen molar-refractivity contribution in [2.45, 2.75) is 6.04 Å². The molecule has 0 amide bonds. The summed E-state index contributed by atoms with van der Waals surface area (Å²) in [5.41, 5.74) is 7.58. The van der Waals surface area contributed by atoms with Crippen molar-refractivity contribution in [1.82, 2.24) is 0 Å². The molecular formula is C22H17FSi. The number of hydrogen-bond acceptors (Lipinski definition) is 0. The molecule has 0 spiro atoms. The SMILES string of the molecule is Fc1cccc([Si]2=CC(c3ccccc3)=C(c3ccccc3)C2)c1. The maximum absolute atomic E-state index is 13.6. The van der Waals surface area contributed by atoms with Gasteiger partial charge in [0.2, 0.25) is 0 Å². The van der Waals surface area contributed by atoms with Crippen LogP contribution in [0.25, 0.3) is 11.1 Å². The molecule has 3 aromatic rings. The topological polar surface area (TPSA) is 0 Å². The molecule has 0 saturated heterocycles. The highest BCUT2D eigenvalue weighted by Crippen LogP contribution is 2.32. The largest absolute Gasteiger partial charge is 0.207 e. The molecule has 24 heavy (non-hydrogen) atoms. The van der Waals surface area contributed by atoms with E-state index < -0.39 is 8.41 Å². The third-order valence-corrected chi connectivity index (χ3v) is 6.84. The Bertz CT molecular complexity index is 924. The molecule has 0 bridgehead atoms. The lowest BCUT2D eigenvalue weighted by Gasteiger charge is -2.08. The van der Waals surface area contributed by atoms with Crippen LogP contribution in [0, 0.1) is 5.82 Å².